The van der Waals surface area contributed by atoms with Crippen molar-refractivity contribution in [3.8, 4) is 28.7 Å². The van der Waals surface area contributed by atoms with Crippen molar-refractivity contribution < 1.29 is 25.5 Å². The van der Waals surface area contributed by atoms with Crippen LogP contribution in [0.5, 0.6) is 28.7 Å². The molecule has 5 N–H and O–H groups in total. The van der Waals surface area contributed by atoms with Crippen molar-refractivity contribution in [2.75, 3.05) is 0 Å². The van der Waals surface area contributed by atoms with E-state index < -0.39 is 0 Å². The van der Waals surface area contributed by atoms with E-state index in [-0.39, 0.29) is 45.0 Å². The Kier molecular flexibility index (Phi) is 3.93. The van der Waals surface area contributed by atoms with Crippen LogP contribution in [-0.4, -0.2) is 25.5 Å². The van der Waals surface area contributed by atoms with E-state index in [0.717, 1.165) is 47.9 Å². The summed E-state index contributed by atoms with van der Waals surface area (Å²) in [7, 11) is 0. The minimum atomic E-state index is -0.337. The summed E-state index contributed by atoms with van der Waals surface area (Å²) in [5.41, 5.74) is 4.07. The quantitative estimate of drug-likeness (QED) is 0.306. The third kappa shape index (κ3) is 2.37. The lowest BCUT2D eigenvalue weighted by Crippen LogP contribution is -2.44. The number of hydrogen-bond acceptors (Lipinski definition) is 5. The number of hydrogen-bond donors (Lipinski definition) is 5. The van der Waals surface area contributed by atoms with Gasteiger partial charge in [-0.2, -0.15) is 0 Å². The van der Waals surface area contributed by atoms with Gasteiger partial charge in [0.2, 0.25) is 0 Å². The number of phenols is 5. The molecule has 0 saturated heterocycles. The highest BCUT2D eigenvalue weighted by molar-refractivity contribution is 6.05. The Morgan fingerprint density at radius 2 is 1.70 bits per heavy atom. The Bertz CT molecular complexity index is 1420. The number of allylic oxidation sites excluding steroid dienone is 2. The fourth-order valence-corrected chi connectivity index (χ4v) is 6.98. The summed E-state index contributed by atoms with van der Waals surface area (Å²) in [5.74, 6) is -0.939. The highest BCUT2D eigenvalue weighted by atomic mass is 16.3. The van der Waals surface area contributed by atoms with Crippen molar-refractivity contribution in [3.63, 3.8) is 0 Å². The first-order valence-corrected chi connectivity index (χ1v) is 11.5. The molecular weight excluding hydrogens is 416 g/mol. The Morgan fingerprint density at radius 1 is 0.909 bits per heavy atom. The van der Waals surface area contributed by atoms with E-state index in [1.54, 1.807) is 18.2 Å². The number of fused-ring (bicyclic) bond motifs is 1. The molecule has 3 aliphatic rings. The highest BCUT2D eigenvalue weighted by Gasteiger charge is 2.57. The van der Waals surface area contributed by atoms with Crippen LogP contribution in [0.25, 0.3) is 28.5 Å². The Labute approximate surface area is 191 Å². The van der Waals surface area contributed by atoms with Gasteiger partial charge in [0.15, 0.2) is 23.0 Å². The number of benzene rings is 3. The first-order chi connectivity index (χ1) is 15.8. The Balaban J connectivity index is 1.69. The topological polar surface area (TPSA) is 101 Å². The van der Waals surface area contributed by atoms with Crippen molar-refractivity contribution in [3.05, 3.63) is 58.7 Å². The van der Waals surface area contributed by atoms with Gasteiger partial charge in [0.1, 0.15) is 5.75 Å². The average molecular weight is 443 g/mol. The SMILES string of the molecule is CC[C@@]12C=Cc3c(O)c(O)cc4c3[C@]1(CCC2)CC(c1cc(O)c(O)c2c(O)cccc12)=C4. The summed E-state index contributed by atoms with van der Waals surface area (Å²) < 4.78 is 0. The normalized spacial score (nSPS) is 25.1. The molecule has 5 nitrogen and oxygen atoms in total. The van der Waals surface area contributed by atoms with Gasteiger partial charge in [0, 0.05) is 11.0 Å². The van der Waals surface area contributed by atoms with Crippen molar-refractivity contribution in [2.24, 2.45) is 5.41 Å². The maximum absolute atomic E-state index is 10.7. The molecule has 3 aliphatic carbocycles. The molecule has 33 heavy (non-hydrogen) atoms. The van der Waals surface area contributed by atoms with Crippen molar-refractivity contribution >= 4 is 28.5 Å². The van der Waals surface area contributed by atoms with Crippen LogP contribution in [0.1, 0.15) is 61.3 Å². The number of aromatic hydroxyl groups is 5. The minimum absolute atomic E-state index is 0.0609. The van der Waals surface area contributed by atoms with Gasteiger partial charge in [-0.05, 0) is 76.9 Å². The molecule has 0 heterocycles. The molecule has 0 unspecified atom stereocenters. The van der Waals surface area contributed by atoms with E-state index >= 15 is 0 Å². The molecule has 6 rings (SSSR count). The van der Waals surface area contributed by atoms with Crippen molar-refractivity contribution in [1.82, 2.24) is 0 Å². The van der Waals surface area contributed by atoms with E-state index in [4.69, 9.17) is 0 Å². The Morgan fingerprint density at radius 3 is 2.48 bits per heavy atom. The van der Waals surface area contributed by atoms with Crippen LogP contribution in [0, 0.1) is 5.41 Å². The van der Waals surface area contributed by atoms with Crippen LogP contribution in [-0.2, 0) is 5.41 Å². The van der Waals surface area contributed by atoms with Crippen molar-refractivity contribution in [2.45, 2.75) is 44.4 Å². The molecule has 1 spiro atoms. The van der Waals surface area contributed by atoms with Gasteiger partial charge in [-0.25, -0.2) is 0 Å². The summed E-state index contributed by atoms with van der Waals surface area (Å²) in [4.78, 5) is 0. The average Bonchev–Trinajstić information content (AvgIpc) is 3.17. The second kappa shape index (κ2) is 6.47. The number of phenolic OH excluding ortho intramolecular Hbond substituents is 5. The fourth-order valence-electron chi connectivity index (χ4n) is 6.98. The maximum atomic E-state index is 10.7. The molecule has 0 bridgehead atoms. The van der Waals surface area contributed by atoms with E-state index in [1.807, 2.05) is 18.2 Å². The van der Waals surface area contributed by atoms with Gasteiger partial charge in [-0.1, -0.05) is 43.7 Å². The van der Waals surface area contributed by atoms with Gasteiger partial charge < -0.3 is 25.5 Å². The molecule has 168 valence electrons. The second-order valence-electron chi connectivity index (χ2n) is 9.74. The first-order valence-electron chi connectivity index (χ1n) is 11.5. The molecular formula is C28H26O5. The molecule has 1 saturated carbocycles. The molecule has 2 atom stereocenters. The molecule has 0 aromatic heterocycles. The molecule has 1 fully saturated rings. The molecule has 0 amide bonds. The molecule has 0 aliphatic heterocycles. The zero-order chi connectivity index (χ0) is 23.1. The largest absolute Gasteiger partial charge is 0.507 e. The van der Waals surface area contributed by atoms with Crippen LogP contribution in [0.15, 0.2) is 36.4 Å². The predicted octanol–water partition coefficient (Wildman–Crippen LogP) is 6.16. The standard InChI is InChI=1S/C28H26O5/c1-2-27-8-4-9-28(27)14-16(11-15-12-21(30)25(32)18(7-10-27)24(15)28)19-13-22(31)26(33)23-17(19)5-3-6-20(23)29/h3,5-7,10-13,29-33H,2,4,8-9,14H2,1H3/t27-,28+/m1/s1. The fraction of sp³-hybridized carbons (Fsp3) is 0.286. The van der Waals surface area contributed by atoms with Gasteiger partial charge in [0.05, 0.1) is 5.39 Å². The summed E-state index contributed by atoms with van der Waals surface area (Å²) >= 11 is 0. The van der Waals surface area contributed by atoms with E-state index in [2.05, 4.69) is 13.0 Å². The van der Waals surface area contributed by atoms with Crippen LogP contribution < -0.4 is 0 Å². The smallest absolute Gasteiger partial charge is 0.169 e. The van der Waals surface area contributed by atoms with E-state index in [9.17, 15) is 25.5 Å². The Hall–Kier alpha value is -3.60. The van der Waals surface area contributed by atoms with Crippen molar-refractivity contribution in [1.29, 1.82) is 0 Å². The van der Waals surface area contributed by atoms with Crippen LogP contribution in [0.3, 0.4) is 0 Å². The maximum Gasteiger partial charge on any atom is 0.169 e. The zero-order valence-electron chi connectivity index (χ0n) is 18.4. The zero-order valence-corrected chi connectivity index (χ0v) is 18.4. The highest BCUT2D eigenvalue weighted by Crippen LogP contribution is 2.67. The summed E-state index contributed by atoms with van der Waals surface area (Å²) in [6.07, 6.45) is 10.9. The third-order valence-electron chi connectivity index (χ3n) is 8.47. The third-order valence-corrected chi connectivity index (χ3v) is 8.47. The minimum Gasteiger partial charge on any atom is -0.507 e. The molecule has 3 aromatic carbocycles. The summed E-state index contributed by atoms with van der Waals surface area (Å²) in [6.45, 7) is 2.21. The lowest BCUT2D eigenvalue weighted by atomic mass is 9.52. The van der Waals surface area contributed by atoms with Gasteiger partial charge >= 0.3 is 0 Å². The summed E-state index contributed by atoms with van der Waals surface area (Å²) in [6, 6.07) is 8.25. The summed E-state index contributed by atoms with van der Waals surface area (Å²) in [5, 5.41) is 53.5. The molecule has 3 aromatic rings. The lowest BCUT2D eigenvalue weighted by Gasteiger charge is -2.51. The van der Waals surface area contributed by atoms with Crippen LogP contribution >= 0.6 is 0 Å². The predicted molar refractivity (Wildman–Crippen MR) is 128 cm³/mol. The molecule has 0 radical (unpaired) electrons. The molecule has 5 heteroatoms. The van der Waals surface area contributed by atoms with Crippen LogP contribution in [0.2, 0.25) is 0 Å². The second-order valence-corrected chi connectivity index (χ2v) is 9.74. The number of rotatable bonds is 2. The monoisotopic (exact) mass is 442 g/mol. The van der Waals surface area contributed by atoms with E-state index in [0.29, 0.717) is 17.4 Å². The van der Waals surface area contributed by atoms with E-state index in [1.165, 1.54) is 6.07 Å². The van der Waals surface area contributed by atoms with Gasteiger partial charge in [0.25, 0.3) is 0 Å². The van der Waals surface area contributed by atoms with Gasteiger partial charge in [-0.15, -0.1) is 0 Å². The first kappa shape index (κ1) is 20.0. The lowest BCUT2D eigenvalue weighted by molar-refractivity contribution is 0.207. The van der Waals surface area contributed by atoms with Crippen LogP contribution in [0.4, 0.5) is 0 Å². The van der Waals surface area contributed by atoms with Gasteiger partial charge in [-0.3, -0.25) is 0 Å².